The standard InChI is InChI=1S/C21H22N2O2/c1-16-6-5-7-19(14-16)25-18-10-8-17(9-11-18)23-20(24)21(15-22)12-3-2-4-13-21/h5-11,14H,2-4,12-13H2,1H3,(H,23,24). The van der Waals surface area contributed by atoms with E-state index in [1.54, 1.807) is 12.1 Å². The van der Waals surface area contributed by atoms with E-state index < -0.39 is 5.41 Å². The molecule has 0 bridgehead atoms. The van der Waals surface area contributed by atoms with Gasteiger partial charge in [-0.15, -0.1) is 0 Å². The molecular formula is C21H22N2O2. The first kappa shape index (κ1) is 17.0. The van der Waals surface area contributed by atoms with E-state index in [1.807, 2.05) is 43.3 Å². The summed E-state index contributed by atoms with van der Waals surface area (Å²) in [6.45, 7) is 2.02. The fraction of sp³-hybridized carbons (Fsp3) is 0.333. The van der Waals surface area contributed by atoms with Crippen molar-refractivity contribution in [1.82, 2.24) is 0 Å². The predicted octanol–water partition coefficient (Wildman–Crippen LogP) is 5.20. The van der Waals surface area contributed by atoms with Crippen molar-refractivity contribution < 1.29 is 9.53 Å². The van der Waals surface area contributed by atoms with Crippen LogP contribution in [0.2, 0.25) is 0 Å². The molecule has 25 heavy (non-hydrogen) atoms. The number of benzene rings is 2. The summed E-state index contributed by atoms with van der Waals surface area (Å²) >= 11 is 0. The number of hydrogen-bond acceptors (Lipinski definition) is 3. The minimum Gasteiger partial charge on any atom is -0.457 e. The zero-order chi connectivity index (χ0) is 17.7. The maximum Gasteiger partial charge on any atom is 0.244 e. The number of rotatable bonds is 4. The molecule has 1 aliphatic carbocycles. The molecule has 1 fully saturated rings. The van der Waals surface area contributed by atoms with Crippen LogP contribution in [0.15, 0.2) is 48.5 Å². The van der Waals surface area contributed by atoms with Crippen molar-refractivity contribution in [2.75, 3.05) is 5.32 Å². The Morgan fingerprint density at radius 1 is 1.08 bits per heavy atom. The van der Waals surface area contributed by atoms with E-state index in [9.17, 15) is 10.1 Å². The third-order valence-electron chi connectivity index (χ3n) is 4.69. The number of amides is 1. The number of anilines is 1. The van der Waals surface area contributed by atoms with E-state index in [2.05, 4.69) is 11.4 Å². The van der Waals surface area contributed by atoms with Crippen molar-refractivity contribution in [2.24, 2.45) is 5.41 Å². The lowest BCUT2D eigenvalue weighted by Gasteiger charge is -2.29. The van der Waals surface area contributed by atoms with Crippen LogP contribution in [0.5, 0.6) is 11.5 Å². The largest absolute Gasteiger partial charge is 0.457 e. The van der Waals surface area contributed by atoms with E-state index in [0.29, 0.717) is 24.3 Å². The van der Waals surface area contributed by atoms with Crippen LogP contribution >= 0.6 is 0 Å². The molecule has 128 valence electrons. The number of aryl methyl sites for hydroxylation is 1. The molecule has 1 N–H and O–H groups in total. The maximum absolute atomic E-state index is 12.6. The smallest absolute Gasteiger partial charge is 0.244 e. The number of carbonyl (C=O) groups excluding carboxylic acids is 1. The first-order valence-electron chi connectivity index (χ1n) is 8.69. The maximum atomic E-state index is 12.6. The van der Waals surface area contributed by atoms with Gasteiger partial charge in [0.25, 0.3) is 0 Å². The fourth-order valence-corrected chi connectivity index (χ4v) is 3.22. The Hall–Kier alpha value is -2.80. The van der Waals surface area contributed by atoms with Gasteiger partial charge in [0.2, 0.25) is 5.91 Å². The zero-order valence-corrected chi connectivity index (χ0v) is 14.4. The molecule has 1 saturated carbocycles. The normalized spacial score (nSPS) is 15.8. The van der Waals surface area contributed by atoms with E-state index in [1.165, 1.54) is 0 Å². The molecule has 2 aromatic rings. The Kier molecular flexibility index (Phi) is 5.04. The van der Waals surface area contributed by atoms with Gasteiger partial charge in [-0.1, -0.05) is 31.4 Å². The average molecular weight is 334 g/mol. The predicted molar refractivity (Wildman–Crippen MR) is 97.5 cm³/mol. The van der Waals surface area contributed by atoms with Gasteiger partial charge >= 0.3 is 0 Å². The molecule has 0 aliphatic heterocycles. The first-order chi connectivity index (χ1) is 12.1. The molecule has 4 heteroatoms. The highest BCUT2D eigenvalue weighted by atomic mass is 16.5. The highest BCUT2D eigenvalue weighted by Gasteiger charge is 2.39. The van der Waals surface area contributed by atoms with Gasteiger partial charge in [0.1, 0.15) is 16.9 Å². The van der Waals surface area contributed by atoms with Gasteiger partial charge in [0.15, 0.2) is 0 Å². The van der Waals surface area contributed by atoms with Gasteiger partial charge < -0.3 is 10.1 Å². The van der Waals surface area contributed by atoms with Crippen LogP contribution in [-0.4, -0.2) is 5.91 Å². The van der Waals surface area contributed by atoms with Crippen LogP contribution in [0.3, 0.4) is 0 Å². The summed E-state index contributed by atoms with van der Waals surface area (Å²) in [6.07, 6.45) is 4.25. The monoisotopic (exact) mass is 334 g/mol. The molecule has 0 heterocycles. The molecular weight excluding hydrogens is 312 g/mol. The number of nitriles is 1. The van der Waals surface area contributed by atoms with Crippen LogP contribution in [0.1, 0.15) is 37.7 Å². The SMILES string of the molecule is Cc1cccc(Oc2ccc(NC(=O)C3(C#N)CCCCC3)cc2)c1. The zero-order valence-electron chi connectivity index (χ0n) is 14.4. The van der Waals surface area contributed by atoms with Gasteiger partial charge in [-0.05, 0) is 61.7 Å². The second-order valence-electron chi connectivity index (χ2n) is 6.65. The number of carbonyl (C=O) groups is 1. The Morgan fingerprint density at radius 2 is 1.80 bits per heavy atom. The quantitative estimate of drug-likeness (QED) is 0.836. The number of nitrogens with zero attached hydrogens (tertiary/aromatic N) is 1. The lowest BCUT2D eigenvalue weighted by atomic mass is 9.74. The lowest BCUT2D eigenvalue weighted by Crippen LogP contribution is -2.36. The molecule has 1 amide bonds. The molecule has 3 rings (SSSR count). The van der Waals surface area contributed by atoms with Crippen molar-refractivity contribution in [3.8, 4) is 17.6 Å². The summed E-state index contributed by atoms with van der Waals surface area (Å²) in [5, 5.41) is 12.4. The van der Waals surface area contributed by atoms with Crippen molar-refractivity contribution in [3.63, 3.8) is 0 Å². The third kappa shape index (κ3) is 4.00. The Balaban J connectivity index is 1.66. The van der Waals surface area contributed by atoms with Crippen LogP contribution in [-0.2, 0) is 4.79 Å². The Morgan fingerprint density at radius 3 is 2.44 bits per heavy atom. The van der Waals surface area contributed by atoms with Gasteiger partial charge in [-0.3, -0.25) is 4.79 Å². The summed E-state index contributed by atoms with van der Waals surface area (Å²) in [5.74, 6) is 1.29. The van der Waals surface area contributed by atoms with Gasteiger partial charge in [0.05, 0.1) is 6.07 Å². The van der Waals surface area contributed by atoms with Gasteiger partial charge in [0, 0.05) is 5.69 Å². The fourth-order valence-electron chi connectivity index (χ4n) is 3.22. The number of ether oxygens (including phenoxy) is 1. The molecule has 1 aliphatic rings. The van der Waals surface area contributed by atoms with E-state index in [0.717, 1.165) is 30.6 Å². The Labute approximate surface area is 148 Å². The molecule has 2 aromatic carbocycles. The molecule has 0 atom stereocenters. The first-order valence-corrected chi connectivity index (χ1v) is 8.69. The topological polar surface area (TPSA) is 62.1 Å². The van der Waals surface area contributed by atoms with Crippen molar-refractivity contribution in [3.05, 3.63) is 54.1 Å². The minimum absolute atomic E-state index is 0.193. The highest BCUT2D eigenvalue weighted by Crippen LogP contribution is 2.37. The van der Waals surface area contributed by atoms with Crippen LogP contribution in [0.25, 0.3) is 0 Å². The second-order valence-corrected chi connectivity index (χ2v) is 6.65. The van der Waals surface area contributed by atoms with Gasteiger partial charge in [-0.2, -0.15) is 5.26 Å². The van der Waals surface area contributed by atoms with E-state index >= 15 is 0 Å². The number of nitrogens with one attached hydrogen (secondary N) is 1. The van der Waals surface area contributed by atoms with Crippen LogP contribution in [0.4, 0.5) is 5.69 Å². The van der Waals surface area contributed by atoms with Crippen LogP contribution in [0, 0.1) is 23.7 Å². The summed E-state index contributed by atoms with van der Waals surface area (Å²) < 4.78 is 5.81. The van der Waals surface area contributed by atoms with Crippen molar-refractivity contribution in [2.45, 2.75) is 39.0 Å². The molecule has 0 aromatic heterocycles. The van der Waals surface area contributed by atoms with Crippen molar-refractivity contribution >= 4 is 11.6 Å². The third-order valence-corrected chi connectivity index (χ3v) is 4.69. The van der Waals surface area contributed by atoms with Crippen molar-refractivity contribution in [1.29, 1.82) is 5.26 Å². The van der Waals surface area contributed by atoms with Crippen LogP contribution < -0.4 is 10.1 Å². The van der Waals surface area contributed by atoms with E-state index in [-0.39, 0.29) is 5.91 Å². The Bertz CT molecular complexity index is 784. The summed E-state index contributed by atoms with van der Waals surface area (Å²) in [6, 6.07) is 17.3. The summed E-state index contributed by atoms with van der Waals surface area (Å²) in [4.78, 5) is 12.6. The molecule has 0 unspecified atom stereocenters. The second kappa shape index (κ2) is 7.40. The minimum atomic E-state index is -0.880. The van der Waals surface area contributed by atoms with Gasteiger partial charge in [-0.25, -0.2) is 0 Å². The lowest BCUT2D eigenvalue weighted by molar-refractivity contribution is -0.124. The van der Waals surface area contributed by atoms with E-state index in [4.69, 9.17) is 4.74 Å². The summed E-state index contributed by atoms with van der Waals surface area (Å²) in [5.41, 5.74) is 0.937. The summed E-state index contributed by atoms with van der Waals surface area (Å²) in [7, 11) is 0. The number of hydrogen-bond donors (Lipinski definition) is 1. The molecule has 4 nitrogen and oxygen atoms in total. The molecule has 0 spiro atoms. The highest BCUT2D eigenvalue weighted by molar-refractivity contribution is 5.97. The molecule has 0 saturated heterocycles. The molecule has 0 radical (unpaired) electrons. The average Bonchev–Trinajstić information content (AvgIpc) is 2.64.